The van der Waals surface area contributed by atoms with Crippen molar-refractivity contribution in [2.45, 2.75) is 19.5 Å². The van der Waals surface area contributed by atoms with E-state index in [2.05, 4.69) is 32.9 Å². The Kier molecular flexibility index (Phi) is 10.9. The van der Waals surface area contributed by atoms with Crippen molar-refractivity contribution in [3.05, 3.63) is 78.1 Å². The highest BCUT2D eigenvalue weighted by atomic mass is 127. The summed E-state index contributed by atoms with van der Waals surface area (Å²) >= 11 is 0. The number of nitrogens with zero attached hydrogens (tertiary/aromatic N) is 3. The molecule has 0 bridgehead atoms. The second-order valence-electron chi connectivity index (χ2n) is 6.75. The third kappa shape index (κ3) is 8.22. The number of benzene rings is 2. The van der Waals surface area contributed by atoms with E-state index >= 15 is 0 Å². The van der Waals surface area contributed by atoms with Crippen molar-refractivity contribution in [1.29, 1.82) is 0 Å². The molecule has 0 fully saturated rings. The van der Waals surface area contributed by atoms with Gasteiger partial charge >= 0.3 is 0 Å². The van der Waals surface area contributed by atoms with Gasteiger partial charge in [0.25, 0.3) is 0 Å². The van der Waals surface area contributed by atoms with E-state index in [1.807, 2.05) is 53.3 Å². The average molecular weight is 535 g/mol. The van der Waals surface area contributed by atoms with E-state index in [0.29, 0.717) is 25.7 Å². The Morgan fingerprint density at radius 3 is 2.65 bits per heavy atom. The summed E-state index contributed by atoms with van der Waals surface area (Å²) in [6.07, 6.45) is 4.62. The number of ether oxygens (including phenoxy) is 2. The molecule has 0 atom stereocenters. The average Bonchev–Trinajstić information content (AvgIpc) is 3.28. The molecule has 31 heavy (non-hydrogen) atoms. The molecule has 0 saturated heterocycles. The second-order valence-corrected chi connectivity index (χ2v) is 6.75. The fourth-order valence-corrected chi connectivity index (χ4v) is 3.00. The zero-order valence-corrected chi connectivity index (χ0v) is 20.3. The lowest BCUT2D eigenvalue weighted by Crippen LogP contribution is -2.30. The number of rotatable bonds is 10. The van der Waals surface area contributed by atoms with Crippen LogP contribution in [0.1, 0.15) is 17.5 Å². The minimum atomic E-state index is 0. The fourth-order valence-electron chi connectivity index (χ4n) is 3.00. The predicted molar refractivity (Wildman–Crippen MR) is 135 cm³/mol. The normalized spacial score (nSPS) is 11.0. The largest absolute Gasteiger partial charge is 0.493 e. The third-order valence-corrected chi connectivity index (χ3v) is 4.54. The van der Waals surface area contributed by atoms with Crippen LogP contribution in [0.3, 0.4) is 0 Å². The van der Waals surface area contributed by atoms with Crippen molar-refractivity contribution in [3.63, 3.8) is 0 Å². The SMILES string of the molecule is CN=C(NCc1ccccc1Cn1cccn1)Nc1cccc(OCCCOC)c1.I. The summed E-state index contributed by atoms with van der Waals surface area (Å²) in [4.78, 5) is 4.34. The molecule has 2 N–H and O–H groups in total. The predicted octanol–water partition coefficient (Wildman–Crippen LogP) is 4.15. The van der Waals surface area contributed by atoms with Crippen LogP contribution in [0.15, 0.2) is 72.0 Å². The lowest BCUT2D eigenvalue weighted by molar-refractivity contribution is 0.172. The van der Waals surface area contributed by atoms with Gasteiger partial charge in [0.05, 0.1) is 13.2 Å². The molecule has 0 saturated carbocycles. The van der Waals surface area contributed by atoms with Crippen LogP contribution in [-0.2, 0) is 17.8 Å². The van der Waals surface area contributed by atoms with Crippen LogP contribution in [-0.4, -0.2) is 43.1 Å². The molecule has 166 valence electrons. The van der Waals surface area contributed by atoms with Gasteiger partial charge in [-0.3, -0.25) is 9.67 Å². The Hall–Kier alpha value is -2.59. The summed E-state index contributed by atoms with van der Waals surface area (Å²) in [5.74, 6) is 1.51. The van der Waals surface area contributed by atoms with Gasteiger partial charge in [0, 0.05) is 57.9 Å². The molecule has 8 heteroatoms. The molecule has 0 spiro atoms. The molecule has 3 aromatic rings. The maximum Gasteiger partial charge on any atom is 0.195 e. The molecule has 1 aromatic heterocycles. The first-order valence-electron chi connectivity index (χ1n) is 10.0. The van der Waals surface area contributed by atoms with E-state index in [1.54, 1.807) is 20.4 Å². The monoisotopic (exact) mass is 535 g/mol. The van der Waals surface area contributed by atoms with Crippen LogP contribution in [0.5, 0.6) is 5.75 Å². The van der Waals surface area contributed by atoms with Gasteiger partial charge in [0.15, 0.2) is 5.96 Å². The molecule has 0 aliphatic heterocycles. The molecule has 0 aliphatic rings. The van der Waals surface area contributed by atoms with Crippen molar-refractivity contribution in [2.24, 2.45) is 4.99 Å². The Morgan fingerprint density at radius 1 is 1.06 bits per heavy atom. The number of nitrogens with one attached hydrogen (secondary N) is 2. The highest BCUT2D eigenvalue weighted by Crippen LogP contribution is 2.17. The van der Waals surface area contributed by atoms with Crippen molar-refractivity contribution in [2.75, 3.05) is 32.7 Å². The molecule has 7 nitrogen and oxygen atoms in total. The zero-order chi connectivity index (χ0) is 21.0. The van der Waals surface area contributed by atoms with Gasteiger partial charge in [0.2, 0.25) is 0 Å². The second kappa shape index (κ2) is 13.7. The fraction of sp³-hybridized carbons (Fsp3) is 0.304. The maximum atomic E-state index is 5.77. The topological polar surface area (TPSA) is 72.7 Å². The van der Waals surface area contributed by atoms with Gasteiger partial charge < -0.3 is 20.1 Å². The zero-order valence-electron chi connectivity index (χ0n) is 18.0. The summed E-state index contributed by atoms with van der Waals surface area (Å²) in [6.45, 7) is 2.71. The van der Waals surface area contributed by atoms with Crippen LogP contribution in [0, 0.1) is 0 Å². The van der Waals surface area contributed by atoms with Gasteiger partial charge in [-0.2, -0.15) is 5.10 Å². The van der Waals surface area contributed by atoms with E-state index in [0.717, 1.165) is 24.4 Å². The molecule has 0 aliphatic carbocycles. The summed E-state index contributed by atoms with van der Waals surface area (Å²) in [7, 11) is 3.45. The summed E-state index contributed by atoms with van der Waals surface area (Å²) in [5.41, 5.74) is 3.33. The molecule has 0 radical (unpaired) electrons. The standard InChI is InChI=1S/C23H29N5O2.HI/c1-24-23(27-21-10-5-11-22(16-21)30-15-7-14-29-2)25-17-19-8-3-4-9-20(19)18-28-13-6-12-26-28;/h3-6,8-13,16H,7,14-15,17-18H2,1-2H3,(H2,24,25,27);1H. The van der Waals surface area contributed by atoms with Gasteiger partial charge in [0.1, 0.15) is 5.75 Å². The van der Waals surface area contributed by atoms with Crippen LogP contribution < -0.4 is 15.4 Å². The van der Waals surface area contributed by atoms with E-state index in [1.165, 1.54) is 11.1 Å². The van der Waals surface area contributed by atoms with E-state index < -0.39 is 0 Å². The lowest BCUT2D eigenvalue weighted by atomic mass is 10.1. The van der Waals surface area contributed by atoms with Crippen LogP contribution in [0.4, 0.5) is 5.69 Å². The lowest BCUT2D eigenvalue weighted by Gasteiger charge is -2.15. The Balaban J connectivity index is 0.00000341. The van der Waals surface area contributed by atoms with Crippen molar-refractivity contribution in [1.82, 2.24) is 15.1 Å². The first-order valence-corrected chi connectivity index (χ1v) is 10.0. The highest BCUT2D eigenvalue weighted by molar-refractivity contribution is 14.0. The van der Waals surface area contributed by atoms with Crippen molar-refractivity contribution in [3.8, 4) is 5.75 Å². The number of hydrogen-bond donors (Lipinski definition) is 2. The highest BCUT2D eigenvalue weighted by Gasteiger charge is 2.06. The summed E-state index contributed by atoms with van der Waals surface area (Å²) in [5, 5.41) is 11.0. The first-order chi connectivity index (χ1) is 14.8. The molecule has 3 rings (SSSR count). The van der Waals surface area contributed by atoms with Crippen molar-refractivity contribution >= 4 is 35.6 Å². The summed E-state index contributed by atoms with van der Waals surface area (Å²) < 4.78 is 12.7. The van der Waals surface area contributed by atoms with Gasteiger partial charge in [-0.1, -0.05) is 30.3 Å². The molecule has 0 unspecified atom stereocenters. The minimum absolute atomic E-state index is 0. The number of methoxy groups -OCH3 is 1. The molecular weight excluding hydrogens is 505 g/mol. The number of aliphatic imine (C=N–C) groups is 1. The molecule has 0 amide bonds. The van der Waals surface area contributed by atoms with Crippen molar-refractivity contribution < 1.29 is 9.47 Å². The van der Waals surface area contributed by atoms with Gasteiger partial charge in [-0.15, -0.1) is 24.0 Å². The van der Waals surface area contributed by atoms with E-state index in [4.69, 9.17) is 9.47 Å². The number of halogens is 1. The number of anilines is 1. The Bertz CT molecular complexity index is 931. The maximum absolute atomic E-state index is 5.77. The van der Waals surface area contributed by atoms with E-state index in [-0.39, 0.29) is 24.0 Å². The molecular formula is C23H30IN5O2. The smallest absolute Gasteiger partial charge is 0.195 e. The van der Waals surface area contributed by atoms with Crippen LogP contribution in [0.25, 0.3) is 0 Å². The molecule has 2 aromatic carbocycles. The number of guanidine groups is 1. The first kappa shape index (κ1) is 24.7. The van der Waals surface area contributed by atoms with Crippen LogP contribution in [0.2, 0.25) is 0 Å². The summed E-state index contributed by atoms with van der Waals surface area (Å²) in [6, 6.07) is 18.1. The van der Waals surface area contributed by atoms with Crippen LogP contribution >= 0.6 is 24.0 Å². The van der Waals surface area contributed by atoms with Gasteiger partial charge in [-0.25, -0.2) is 0 Å². The van der Waals surface area contributed by atoms with E-state index in [9.17, 15) is 0 Å². The quantitative estimate of drug-likeness (QED) is 0.177. The Morgan fingerprint density at radius 2 is 1.90 bits per heavy atom. The third-order valence-electron chi connectivity index (χ3n) is 4.54. The molecule has 1 heterocycles. The Labute approximate surface area is 200 Å². The number of hydrogen-bond acceptors (Lipinski definition) is 4. The number of aromatic nitrogens is 2. The van der Waals surface area contributed by atoms with Gasteiger partial charge in [-0.05, 0) is 29.3 Å². The minimum Gasteiger partial charge on any atom is -0.493 e.